The zero-order valence-electron chi connectivity index (χ0n) is 23.7. The van der Waals surface area contributed by atoms with Gasteiger partial charge in [-0.15, -0.1) is 0 Å². The Balaban J connectivity index is 1.65. The smallest absolute Gasteiger partial charge is 0.304 e. The molecule has 1 aliphatic heterocycles. The first kappa shape index (κ1) is 30.4. The summed E-state index contributed by atoms with van der Waals surface area (Å²) < 4.78 is 12.0. The number of carboxylic acids is 1. The molecule has 1 aliphatic rings. The number of carbonyl (C=O) groups excluding carboxylic acids is 1. The number of ether oxygens (including phenoxy) is 2. The Labute approximate surface area is 232 Å². The molecular weight excluding hydrogens is 496 g/mol. The first-order chi connectivity index (χ1) is 18.5. The molecule has 2 aromatic rings. The molecule has 1 amide bonds. The molecule has 0 aliphatic carbocycles. The third-order valence-electron chi connectivity index (χ3n) is 6.81. The van der Waals surface area contributed by atoms with Crippen LogP contribution in [-0.2, 0) is 27.3 Å². The fraction of sp³-hybridized carbons (Fsp3) is 0.567. The van der Waals surface area contributed by atoms with Crippen molar-refractivity contribution in [1.29, 1.82) is 0 Å². The van der Waals surface area contributed by atoms with Gasteiger partial charge in [0.2, 0.25) is 5.91 Å². The van der Waals surface area contributed by atoms with E-state index in [0.717, 1.165) is 35.7 Å². The number of carbonyl (C=O) groups is 2. The van der Waals surface area contributed by atoms with Crippen LogP contribution in [0.3, 0.4) is 0 Å². The summed E-state index contributed by atoms with van der Waals surface area (Å²) in [5, 5.41) is 12.8. The van der Waals surface area contributed by atoms with E-state index < -0.39 is 11.9 Å². The van der Waals surface area contributed by atoms with Gasteiger partial charge in [0.1, 0.15) is 11.6 Å². The molecule has 9 nitrogen and oxygen atoms in total. The molecule has 2 heterocycles. The number of nitrogens with zero attached hydrogens (tertiary/aromatic N) is 2. The molecule has 3 rings (SSSR count). The molecule has 1 aromatic heterocycles. The van der Waals surface area contributed by atoms with Crippen molar-refractivity contribution in [3.8, 4) is 5.75 Å². The number of aliphatic carboxylic acids is 1. The van der Waals surface area contributed by atoms with Crippen LogP contribution in [0.15, 0.2) is 42.6 Å². The van der Waals surface area contributed by atoms with Crippen molar-refractivity contribution >= 4 is 17.7 Å². The number of benzene rings is 1. The lowest BCUT2D eigenvalue weighted by Gasteiger charge is -2.34. The Bertz CT molecular complexity index is 1090. The SMILES string of the molecule is CC(C)(CN)COCC(C)(C)CN1Cc2cc(OCCCNc3ccccn3)ccc2C[C@@H](CC(=O)O)C1=O. The van der Waals surface area contributed by atoms with Gasteiger partial charge in [-0.3, -0.25) is 9.59 Å². The summed E-state index contributed by atoms with van der Waals surface area (Å²) in [5.74, 6) is -0.141. The normalized spacial score (nSPS) is 16.0. The van der Waals surface area contributed by atoms with E-state index in [1.807, 2.05) is 36.4 Å². The van der Waals surface area contributed by atoms with Gasteiger partial charge >= 0.3 is 5.97 Å². The van der Waals surface area contributed by atoms with Crippen LogP contribution in [0.25, 0.3) is 0 Å². The summed E-state index contributed by atoms with van der Waals surface area (Å²) in [7, 11) is 0. The number of pyridine rings is 1. The van der Waals surface area contributed by atoms with Crippen molar-refractivity contribution in [3.63, 3.8) is 0 Å². The average molecular weight is 541 g/mol. The lowest BCUT2D eigenvalue weighted by Crippen LogP contribution is -2.43. The zero-order chi connectivity index (χ0) is 28.5. The standard InChI is InChI=1S/C30H44N4O5/c1-29(2,18-31)20-38-21-30(3,4)19-34-17-24-15-25(39-13-7-12-33-26-8-5-6-11-32-26)10-9-22(24)14-23(28(34)37)16-27(35)36/h5-6,8-11,15,23H,7,12-14,16-21,31H2,1-4H3,(H,32,33)(H,35,36)/t23-/m0/s1. The number of nitrogens with two attached hydrogens (primary N) is 1. The minimum Gasteiger partial charge on any atom is -0.494 e. The van der Waals surface area contributed by atoms with E-state index in [9.17, 15) is 14.7 Å². The Morgan fingerprint density at radius 3 is 2.62 bits per heavy atom. The maximum absolute atomic E-state index is 13.5. The van der Waals surface area contributed by atoms with Crippen molar-refractivity contribution in [2.45, 2.75) is 53.5 Å². The maximum Gasteiger partial charge on any atom is 0.304 e. The summed E-state index contributed by atoms with van der Waals surface area (Å²) >= 11 is 0. The molecule has 214 valence electrons. The van der Waals surface area contributed by atoms with Gasteiger partial charge in [0, 0.05) is 36.7 Å². The van der Waals surface area contributed by atoms with Gasteiger partial charge in [0.25, 0.3) is 0 Å². The molecule has 0 fully saturated rings. The van der Waals surface area contributed by atoms with Crippen LogP contribution in [0.1, 0.15) is 51.7 Å². The summed E-state index contributed by atoms with van der Waals surface area (Å²) in [6.07, 6.45) is 2.75. The highest BCUT2D eigenvalue weighted by Gasteiger charge is 2.34. The molecule has 4 N–H and O–H groups in total. The van der Waals surface area contributed by atoms with Crippen molar-refractivity contribution in [2.24, 2.45) is 22.5 Å². The minimum absolute atomic E-state index is 0.120. The van der Waals surface area contributed by atoms with E-state index in [1.165, 1.54) is 0 Å². The number of hydrogen-bond donors (Lipinski definition) is 3. The molecule has 39 heavy (non-hydrogen) atoms. The number of anilines is 1. The topological polar surface area (TPSA) is 127 Å². The molecule has 1 aromatic carbocycles. The average Bonchev–Trinajstić information content (AvgIpc) is 2.99. The fourth-order valence-electron chi connectivity index (χ4n) is 4.61. The number of carboxylic acid groups (broad SMARTS) is 1. The van der Waals surface area contributed by atoms with Crippen LogP contribution in [0, 0.1) is 16.7 Å². The van der Waals surface area contributed by atoms with Crippen LogP contribution in [0.2, 0.25) is 0 Å². The Hall–Kier alpha value is -3.17. The van der Waals surface area contributed by atoms with Crippen LogP contribution < -0.4 is 15.8 Å². The van der Waals surface area contributed by atoms with Gasteiger partial charge < -0.3 is 30.5 Å². The predicted octanol–water partition coefficient (Wildman–Crippen LogP) is 3.97. The van der Waals surface area contributed by atoms with Gasteiger partial charge in [-0.25, -0.2) is 4.98 Å². The highest BCUT2D eigenvalue weighted by molar-refractivity contribution is 5.84. The first-order valence-corrected chi connectivity index (χ1v) is 13.7. The highest BCUT2D eigenvalue weighted by atomic mass is 16.5. The molecule has 0 saturated heterocycles. The van der Waals surface area contributed by atoms with Crippen molar-refractivity contribution < 1.29 is 24.2 Å². The summed E-state index contributed by atoms with van der Waals surface area (Å²) in [6.45, 7) is 11.9. The predicted molar refractivity (Wildman–Crippen MR) is 152 cm³/mol. The number of hydrogen-bond acceptors (Lipinski definition) is 7. The first-order valence-electron chi connectivity index (χ1n) is 13.7. The van der Waals surface area contributed by atoms with E-state index in [1.54, 1.807) is 11.1 Å². The molecule has 0 radical (unpaired) electrons. The number of aromatic nitrogens is 1. The number of rotatable bonds is 15. The largest absolute Gasteiger partial charge is 0.494 e. The van der Waals surface area contributed by atoms with Crippen LogP contribution in [-0.4, -0.2) is 66.3 Å². The van der Waals surface area contributed by atoms with E-state index in [4.69, 9.17) is 15.2 Å². The third kappa shape index (κ3) is 9.82. The van der Waals surface area contributed by atoms with Gasteiger partial charge in [-0.1, -0.05) is 39.8 Å². The second-order valence-electron chi connectivity index (χ2n) is 12.0. The van der Waals surface area contributed by atoms with E-state index >= 15 is 0 Å². The van der Waals surface area contributed by atoms with Gasteiger partial charge in [-0.05, 0) is 54.8 Å². The van der Waals surface area contributed by atoms with Crippen molar-refractivity contribution in [1.82, 2.24) is 9.88 Å². The fourth-order valence-corrected chi connectivity index (χ4v) is 4.61. The second-order valence-corrected chi connectivity index (χ2v) is 12.0. The van der Waals surface area contributed by atoms with Crippen molar-refractivity contribution in [3.05, 3.63) is 53.7 Å². The Kier molecular flexibility index (Phi) is 10.7. The molecular formula is C30H44N4O5. The number of fused-ring (bicyclic) bond motifs is 1. The Morgan fingerprint density at radius 1 is 1.15 bits per heavy atom. The second kappa shape index (κ2) is 13.8. The molecule has 0 spiro atoms. The summed E-state index contributed by atoms with van der Waals surface area (Å²) in [4.78, 5) is 31.1. The monoisotopic (exact) mass is 540 g/mol. The number of amides is 1. The molecule has 1 atom stereocenters. The highest BCUT2D eigenvalue weighted by Crippen LogP contribution is 2.31. The van der Waals surface area contributed by atoms with Crippen molar-refractivity contribution in [2.75, 3.05) is 44.8 Å². The van der Waals surface area contributed by atoms with Gasteiger partial charge in [0.15, 0.2) is 0 Å². The Morgan fingerprint density at radius 2 is 1.92 bits per heavy atom. The summed E-state index contributed by atoms with van der Waals surface area (Å²) in [6, 6.07) is 11.6. The van der Waals surface area contributed by atoms with Gasteiger partial charge in [-0.2, -0.15) is 0 Å². The summed E-state index contributed by atoms with van der Waals surface area (Å²) in [5.41, 5.74) is 7.35. The zero-order valence-corrected chi connectivity index (χ0v) is 23.7. The maximum atomic E-state index is 13.5. The lowest BCUT2D eigenvalue weighted by molar-refractivity contribution is -0.145. The quantitative estimate of drug-likeness (QED) is 0.290. The lowest BCUT2D eigenvalue weighted by atomic mass is 9.91. The molecule has 9 heteroatoms. The van der Waals surface area contributed by atoms with E-state index in [-0.39, 0.29) is 23.2 Å². The molecule has 0 unspecified atom stereocenters. The third-order valence-corrected chi connectivity index (χ3v) is 6.81. The molecule has 0 bridgehead atoms. The number of nitrogens with one attached hydrogen (secondary N) is 1. The van der Waals surface area contributed by atoms with Crippen LogP contribution in [0.4, 0.5) is 5.82 Å². The molecule has 0 saturated carbocycles. The van der Waals surface area contributed by atoms with E-state index in [2.05, 4.69) is 38.0 Å². The minimum atomic E-state index is -0.970. The van der Waals surface area contributed by atoms with Crippen LogP contribution in [0.5, 0.6) is 5.75 Å². The van der Waals surface area contributed by atoms with Crippen LogP contribution >= 0.6 is 0 Å². The van der Waals surface area contributed by atoms with Gasteiger partial charge in [0.05, 0.1) is 32.2 Å². The van der Waals surface area contributed by atoms with E-state index in [0.29, 0.717) is 45.9 Å².